The molecule has 0 saturated heterocycles. The van der Waals surface area contributed by atoms with Crippen LogP contribution in [0.1, 0.15) is 39.4 Å². The number of benzene rings is 1. The first-order chi connectivity index (χ1) is 11.0. The van der Waals surface area contributed by atoms with Gasteiger partial charge in [0.25, 0.3) is 11.8 Å². The Morgan fingerprint density at radius 2 is 1.83 bits per heavy atom. The van der Waals surface area contributed by atoms with E-state index in [-0.39, 0.29) is 29.2 Å². The molecule has 1 aromatic carbocycles. The van der Waals surface area contributed by atoms with Gasteiger partial charge in [-0.05, 0) is 55.7 Å². The predicted octanol–water partition coefficient (Wildman–Crippen LogP) is 3.30. The lowest BCUT2D eigenvalue weighted by molar-refractivity contribution is 0.0946. The van der Waals surface area contributed by atoms with Crippen LogP contribution in [0.3, 0.4) is 0 Å². The SMILES string of the molecule is Cc1cc(Br)ccc1NC(=O)c1cccc(C(=O)NC2CC2)n1. The van der Waals surface area contributed by atoms with E-state index in [0.29, 0.717) is 5.69 Å². The van der Waals surface area contributed by atoms with E-state index in [9.17, 15) is 9.59 Å². The lowest BCUT2D eigenvalue weighted by Gasteiger charge is -2.09. The minimum atomic E-state index is -0.337. The Morgan fingerprint density at radius 1 is 1.13 bits per heavy atom. The maximum atomic E-state index is 12.3. The summed E-state index contributed by atoms with van der Waals surface area (Å²) in [6.45, 7) is 1.91. The molecule has 5 nitrogen and oxygen atoms in total. The number of anilines is 1. The van der Waals surface area contributed by atoms with Crippen LogP contribution in [0, 0.1) is 6.92 Å². The molecular formula is C17H16BrN3O2. The van der Waals surface area contributed by atoms with Gasteiger partial charge < -0.3 is 10.6 Å². The van der Waals surface area contributed by atoms with E-state index < -0.39 is 0 Å². The molecule has 1 heterocycles. The molecule has 3 rings (SSSR count). The normalized spacial score (nSPS) is 13.5. The first kappa shape index (κ1) is 15.7. The van der Waals surface area contributed by atoms with Crippen LogP contribution in [0.5, 0.6) is 0 Å². The molecule has 0 spiro atoms. The fraction of sp³-hybridized carbons (Fsp3) is 0.235. The Labute approximate surface area is 142 Å². The number of pyridine rings is 1. The van der Waals surface area contributed by atoms with E-state index in [4.69, 9.17) is 0 Å². The average Bonchev–Trinajstić information content (AvgIpc) is 3.34. The molecule has 0 bridgehead atoms. The van der Waals surface area contributed by atoms with E-state index in [0.717, 1.165) is 22.9 Å². The van der Waals surface area contributed by atoms with Gasteiger partial charge in [-0.2, -0.15) is 0 Å². The zero-order chi connectivity index (χ0) is 16.4. The molecule has 2 amide bonds. The van der Waals surface area contributed by atoms with E-state index >= 15 is 0 Å². The summed E-state index contributed by atoms with van der Waals surface area (Å²) in [5, 5.41) is 5.68. The van der Waals surface area contributed by atoms with Crippen LogP contribution in [0.4, 0.5) is 5.69 Å². The summed E-state index contributed by atoms with van der Waals surface area (Å²) in [5.74, 6) is -0.571. The van der Waals surface area contributed by atoms with Crippen molar-refractivity contribution in [1.82, 2.24) is 10.3 Å². The van der Waals surface area contributed by atoms with Gasteiger partial charge >= 0.3 is 0 Å². The number of nitrogens with zero attached hydrogens (tertiary/aromatic N) is 1. The third kappa shape index (κ3) is 3.96. The highest BCUT2D eigenvalue weighted by molar-refractivity contribution is 9.10. The quantitative estimate of drug-likeness (QED) is 0.863. The zero-order valence-corrected chi connectivity index (χ0v) is 14.2. The molecule has 1 aromatic heterocycles. The van der Waals surface area contributed by atoms with Crippen LogP contribution < -0.4 is 10.6 Å². The molecule has 23 heavy (non-hydrogen) atoms. The first-order valence-corrected chi connectivity index (χ1v) is 8.17. The Morgan fingerprint density at radius 3 is 2.48 bits per heavy atom. The van der Waals surface area contributed by atoms with Gasteiger partial charge in [0.2, 0.25) is 0 Å². The molecule has 2 N–H and O–H groups in total. The van der Waals surface area contributed by atoms with Crippen LogP contribution in [-0.2, 0) is 0 Å². The zero-order valence-electron chi connectivity index (χ0n) is 12.6. The largest absolute Gasteiger partial charge is 0.348 e. The minimum Gasteiger partial charge on any atom is -0.348 e. The van der Waals surface area contributed by atoms with Crippen molar-refractivity contribution in [2.75, 3.05) is 5.32 Å². The predicted molar refractivity (Wildman–Crippen MR) is 91.6 cm³/mol. The summed E-state index contributed by atoms with van der Waals surface area (Å²) in [6.07, 6.45) is 2.02. The molecule has 0 unspecified atom stereocenters. The molecule has 0 radical (unpaired) electrons. The van der Waals surface area contributed by atoms with Gasteiger partial charge in [0.1, 0.15) is 11.4 Å². The van der Waals surface area contributed by atoms with E-state index in [1.54, 1.807) is 18.2 Å². The molecule has 0 atom stereocenters. The summed E-state index contributed by atoms with van der Waals surface area (Å²) in [7, 11) is 0. The van der Waals surface area contributed by atoms with Crippen molar-refractivity contribution in [3.63, 3.8) is 0 Å². The van der Waals surface area contributed by atoms with E-state index in [1.807, 2.05) is 25.1 Å². The second kappa shape index (κ2) is 6.50. The molecule has 0 aliphatic heterocycles. The molecule has 6 heteroatoms. The molecule has 1 aliphatic rings. The monoisotopic (exact) mass is 373 g/mol. The van der Waals surface area contributed by atoms with Crippen molar-refractivity contribution in [3.8, 4) is 0 Å². The van der Waals surface area contributed by atoms with Gasteiger partial charge in [0.15, 0.2) is 0 Å². The fourth-order valence-corrected chi connectivity index (χ4v) is 2.60. The lowest BCUT2D eigenvalue weighted by Crippen LogP contribution is -2.27. The number of nitrogens with one attached hydrogen (secondary N) is 2. The lowest BCUT2D eigenvalue weighted by atomic mass is 10.2. The number of aryl methyl sites for hydroxylation is 1. The van der Waals surface area contributed by atoms with Crippen LogP contribution in [0.15, 0.2) is 40.9 Å². The molecule has 2 aromatic rings. The van der Waals surface area contributed by atoms with Crippen LogP contribution in [0.25, 0.3) is 0 Å². The first-order valence-electron chi connectivity index (χ1n) is 7.38. The number of amides is 2. The average molecular weight is 374 g/mol. The third-order valence-corrected chi connectivity index (χ3v) is 4.06. The van der Waals surface area contributed by atoms with Crippen LogP contribution in [-0.4, -0.2) is 22.8 Å². The molecule has 1 saturated carbocycles. The highest BCUT2D eigenvalue weighted by Gasteiger charge is 2.24. The Bertz CT molecular complexity index is 772. The second-order valence-electron chi connectivity index (χ2n) is 5.57. The molecule has 1 fully saturated rings. The van der Waals surface area contributed by atoms with Crippen molar-refractivity contribution < 1.29 is 9.59 Å². The highest BCUT2D eigenvalue weighted by Crippen LogP contribution is 2.21. The van der Waals surface area contributed by atoms with Crippen molar-refractivity contribution in [3.05, 3.63) is 57.8 Å². The highest BCUT2D eigenvalue weighted by atomic mass is 79.9. The van der Waals surface area contributed by atoms with Crippen molar-refractivity contribution in [2.45, 2.75) is 25.8 Å². The van der Waals surface area contributed by atoms with Crippen molar-refractivity contribution in [1.29, 1.82) is 0 Å². The Hall–Kier alpha value is -2.21. The van der Waals surface area contributed by atoms with Crippen LogP contribution in [0.2, 0.25) is 0 Å². The van der Waals surface area contributed by atoms with E-state index in [2.05, 4.69) is 31.5 Å². The van der Waals surface area contributed by atoms with E-state index in [1.165, 1.54) is 0 Å². The van der Waals surface area contributed by atoms with Gasteiger partial charge in [0.05, 0.1) is 0 Å². The number of aromatic nitrogens is 1. The molecule has 118 valence electrons. The van der Waals surface area contributed by atoms with Crippen molar-refractivity contribution in [2.24, 2.45) is 0 Å². The number of carbonyl (C=O) groups is 2. The minimum absolute atomic E-state index is 0.218. The maximum Gasteiger partial charge on any atom is 0.274 e. The summed E-state index contributed by atoms with van der Waals surface area (Å²) < 4.78 is 0.949. The standard InChI is InChI=1S/C17H16BrN3O2/c1-10-9-11(18)5-8-13(10)21-17(23)15-4-2-3-14(20-15)16(22)19-12-6-7-12/h2-5,8-9,12H,6-7H2,1H3,(H,19,22)(H,21,23). The summed E-state index contributed by atoms with van der Waals surface area (Å²) in [5.41, 5.74) is 2.14. The maximum absolute atomic E-state index is 12.3. The van der Waals surface area contributed by atoms with Gasteiger partial charge in [-0.15, -0.1) is 0 Å². The van der Waals surface area contributed by atoms with Gasteiger partial charge in [-0.3, -0.25) is 9.59 Å². The summed E-state index contributed by atoms with van der Waals surface area (Å²) in [4.78, 5) is 28.5. The smallest absolute Gasteiger partial charge is 0.274 e. The Kier molecular flexibility index (Phi) is 4.43. The van der Waals surface area contributed by atoms with Crippen LogP contribution >= 0.6 is 15.9 Å². The molecular weight excluding hydrogens is 358 g/mol. The second-order valence-corrected chi connectivity index (χ2v) is 6.48. The number of hydrogen-bond acceptors (Lipinski definition) is 3. The number of carbonyl (C=O) groups excluding carboxylic acids is 2. The summed E-state index contributed by atoms with van der Waals surface area (Å²) >= 11 is 3.39. The van der Waals surface area contributed by atoms with Crippen molar-refractivity contribution >= 4 is 33.4 Å². The number of halogens is 1. The number of rotatable bonds is 4. The third-order valence-electron chi connectivity index (χ3n) is 3.56. The number of hydrogen-bond donors (Lipinski definition) is 2. The Balaban J connectivity index is 1.75. The summed E-state index contributed by atoms with van der Waals surface area (Å²) in [6, 6.07) is 10.7. The molecule has 1 aliphatic carbocycles. The topological polar surface area (TPSA) is 71.1 Å². The fourth-order valence-electron chi connectivity index (χ4n) is 2.13. The van der Waals surface area contributed by atoms with Gasteiger partial charge in [-0.25, -0.2) is 4.98 Å². The van der Waals surface area contributed by atoms with Gasteiger partial charge in [-0.1, -0.05) is 22.0 Å². The van der Waals surface area contributed by atoms with Gasteiger partial charge in [0, 0.05) is 16.2 Å².